The number of carbonyl (C=O) groups is 2. The molecule has 2 atom stereocenters. The van der Waals surface area contributed by atoms with Crippen LogP contribution in [0.2, 0.25) is 0 Å². The highest BCUT2D eigenvalue weighted by atomic mass is 16.2. The van der Waals surface area contributed by atoms with Crippen molar-refractivity contribution < 1.29 is 9.59 Å². The van der Waals surface area contributed by atoms with Crippen LogP contribution in [0.3, 0.4) is 0 Å². The molecule has 118 valence electrons. The van der Waals surface area contributed by atoms with E-state index in [2.05, 4.69) is 20.8 Å². The van der Waals surface area contributed by atoms with E-state index in [4.69, 9.17) is 0 Å². The fourth-order valence-corrected chi connectivity index (χ4v) is 5.05. The molecule has 3 fully saturated rings. The summed E-state index contributed by atoms with van der Waals surface area (Å²) in [6, 6.07) is 0.264. The molecule has 2 saturated heterocycles. The molecule has 0 spiro atoms. The lowest BCUT2D eigenvalue weighted by Crippen LogP contribution is -2.48. The lowest BCUT2D eigenvalue weighted by Gasteiger charge is -2.39. The molecule has 0 aromatic heterocycles. The Hall–Kier alpha value is -1.06. The van der Waals surface area contributed by atoms with Gasteiger partial charge in [0.2, 0.25) is 0 Å². The van der Waals surface area contributed by atoms with E-state index in [9.17, 15) is 9.59 Å². The summed E-state index contributed by atoms with van der Waals surface area (Å²) < 4.78 is 0. The van der Waals surface area contributed by atoms with E-state index in [1.165, 1.54) is 6.42 Å². The molecular weight excluding hydrogens is 264 g/mol. The maximum atomic E-state index is 12.7. The van der Waals surface area contributed by atoms with Gasteiger partial charge in [0.05, 0.1) is 0 Å². The SMILES string of the molecule is CC1(C)CC2CC(C)(CN2C(=O)C(=O)N2CCCCC2)C1. The Kier molecular flexibility index (Phi) is 3.53. The van der Waals surface area contributed by atoms with Gasteiger partial charge >= 0.3 is 11.8 Å². The predicted molar refractivity (Wildman–Crippen MR) is 81.7 cm³/mol. The number of carbonyl (C=O) groups excluding carboxylic acids is 2. The highest BCUT2D eigenvalue weighted by Gasteiger charge is 2.52. The van der Waals surface area contributed by atoms with Gasteiger partial charge in [-0.25, -0.2) is 0 Å². The summed E-state index contributed by atoms with van der Waals surface area (Å²) in [6.45, 7) is 9.13. The van der Waals surface area contributed by atoms with Crippen molar-refractivity contribution in [2.75, 3.05) is 19.6 Å². The minimum atomic E-state index is -0.261. The van der Waals surface area contributed by atoms with Gasteiger partial charge in [-0.05, 0) is 49.4 Å². The monoisotopic (exact) mass is 292 g/mol. The Morgan fingerprint density at radius 1 is 0.952 bits per heavy atom. The second kappa shape index (κ2) is 4.99. The number of likely N-dealkylation sites (tertiary alicyclic amines) is 2. The van der Waals surface area contributed by atoms with Gasteiger partial charge < -0.3 is 9.80 Å². The van der Waals surface area contributed by atoms with Gasteiger partial charge in [-0.1, -0.05) is 20.8 Å². The number of rotatable bonds is 0. The molecule has 21 heavy (non-hydrogen) atoms. The fraction of sp³-hybridized carbons (Fsp3) is 0.882. The number of fused-ring (bicyclic) bond motifs is 2. The summed E-state index contributed by atoms with van der Waals surface area (Å²) in [5, 5.41) is 0. The summed E-state index contributed by atoms with van der Waals surface area (Å²) >= 11 is 0. The van der Waals surface area contributed by atoms with Gasteiger partial charge in [0.15, 0.2) is 0 Å². The number of hydrogen-bond donors (Lipinski definition) is 0. The molecule has 3 rings (SSSR count). The first kappa shape index (κ1) is 14.9. The molecule has 3 aliphatic rings. The molecule has 2 heterocycles. The smallest absolute Gasteiger partial charge is 0.312 e. The Morgan fingerprint density at radius 2 is 1.62 bits per heavy atom. The minimum Gasteiger partial charge on any atom is -0.334 e. The molecule has 0 radical (unpaired) electrons. The Balaban J connectivity index is 1.72. The predicted octanol–water partition coefficient (Wildman–Crippen LogP) is 2.43. The van der Waals surface area contributed by atoms with Crippen LogP contribution in [0.25, 0.3) is 0 Å². The molecule has 2 aliphatic heterocycles. The van der Waals surface area contributed by atoms with Gasteiger partial charge in [-0.3, -0.25) is 9.59 Å². The average Bonchev–Trinajstić information content (AvgIpc) is 2.67. The molecule has 2 unspecified atom stereocenters. The molecule has 0 aromatic carbocycles. The molecule has 0 N–H and O–H groups in total. The van der Waals surface area contributed by atoms with Crippen molar-refractivity contribution in [2.45, 2.75) is 65.3 Å². The average molecular weight is 292 g/mol. The van der Waals surface area contributed by atoms with Crippen LogP contribution >= 0.6 is 0 Å². The van der Waals surface area contributed by atoms with Gasteiger partial charge in [0.25, 0.3) is 0 Å². The zero-order valence-electron chi connectivity index (χ0n) is 13.7. The van der Waals surface area contributed by atoms with E-state index in [0.29, 0.717) is 0 Å². The van der Waals surface area contributed by atoms with Crippen LogP contribution in [0.15, 0.2) is 0 Å². The standard InChI is InChI=1S/C17H28N2O2/c1-16(2)9-13-10-17(3,11-16)12-19(13)15(21)14(20)18-7-5-4-6-8-18/h13H,4-12H2,1-3H3. The molecule has 4 nitrogen and oxygen atoms in total. The number of piperidine rings is 1. The van der Waals surface area contributed by atoms with E-state index >= 15 is 0 Å². The number of hydrogen-bond acceptors (Lipinski definition) is 2. The van der Waals surface area contributed by atoms with Crippen molar-refractivity contribution in [1.82, 2.24) is 9.80 Å². The van der Waals surface area contributed by atoms with Gasteiger partial charge in [0, 0.05) is 25.7 Å². The van der Waals surface area contributed by atoms with Crippen molar-refractivity contribution in [2.24, 2.45) is 10.8 Å². The van der Waals surface area contributed by atoms with Crippen LogP contribution in [-0.4, -0.2) is 47.3 Å². The Labute approximate surface area is 127 Å². The summed E-state index contributed by atoms with van der Waals surface area (Å²) in [4.78, 5) is 28.8. The lowest BCUT2D eigenvalue weighted by molar-refractivity contribution is -0.153. The van der Waals surface area contributed by atoms with Crippen LogP contribution in [-0.2, 0) is 9.59 Å². The van der Waals surface area contributed by atoms with E-state index in [0.717, 1.165) is 51.7 Å². The van der Waals surface area contributed by atoms with Crippen LogP contribution < -0.4 is 0 Å². The highest BCUT2D eigenvalue weighted by Crippen LogP contribution is 2.52. The zero-order valence-corrected chi connectivity index (χ0v) is 13.7. The second-order valence-electron chi connectivity index (χ2n) is 8.50. The molecule has 2 bridgehead atoms. The summed E-state index contributed by atoms with van der Waals surface area (Å²) in [5.41, 5.74) is 0.477. The van der Waals surface area contributed by atoms with Crippen LogP contribution in [0.5, 0.6) is 0 Å². The maximum absolute atomic E-state index is 12.7. The van der Waals surface area contributed by atoms with E-state index in [1.807, 2.05) is 4.90 Å². The van der Waals surface area contributed by atoms with Crippen molar-refractivity contribution in [3.05, 3.63) is 0 Å². The minimum absolute atomic E-state index is 0.199. The van der Waals surface area contributed by atoms with E-state index < -0.39 is 0 Å². The lowest BCUT2D eigenvalue weighted by atomic mass is 9.65. The van der Waals surface area contributed by atoms with Crippen LogP contribution in [0, 0.1) is 10.8 Å². The van der Waals surface area contributed by atoms with E-state index in [-0.39, 0.29) is 28.7 Å². The van der Waals surface area contributed by atoms with Crippen molar-refractivity contribution in [3.63, 3.8) is 0 Å². The molecule has 0 aromatic rings. The summed E-state index contributed by atoms with van der Waals surface area (Å²) in [6.07, 6.45) is 6.49. The highest BCUT2D eigenvalue weighted by molar-refractivity contribution is 6.35. The molecule has 1 aliphatic carbocycles. The van der Waals surface area contributed by atoms with Crippen molar-refractivity contribution in [1.29, 1.82) is 0 Å². The Morgan fingerprint density at radius 3 is 2.29 bits per heavy atom. The maximum Gasteiger partial charge on any atom is 0.312 e. The first-order valence-corrected chi connectivity index (χ1v) is 8.40. The molecule has 2 amide bonds. The van der Waals surface area contributed by atoms with Gasteiger partial charge in [0.1, 0.15) is 0 Å². The summed E-state index contributed by atoms with van der Waals surface area (Å²) in [5.74, 6) is -0.507. The molecule has 4 heteroatoms. The third-order valence-electron chi connectivity index (χ3n) is 5.50. The third kappa shape index (κ3) is 2.82. The topological polar surface area (TPSA) is 40.6 Å². The molecular formula is C17H28N2O2. The molecule has 1 saturated carbocycles. The van der Waals surface area contributed by atoms with Crippen LogP contribution in [0.4, 0.5) is 0 Å². The Bertz CT molecular complexity index is 454. The van der Waals surface area contributed by atoms with E-state index in [1.54, 1.807) is 4.90 Å². The quantitative estimate of drug-likeness (QED) is 0.643. The van der Waals surface area contributed by atoms with Gasteiger partial charge in [-0.2, -0.15) is 0 Å². The third-order valence-corrected chi connectivity index (χ3v) is 5.50. The first-order chi connectivity index (χ1) is 9.80. The fourth-order valence-electron chi connectivity index (χ4n) is 5.05. The number of amides is 2. The van der Waals surface area contributed by atoms with Crippen molar-refractivity contribution >= 4 is 11.8 Å². The van der Waals surface area contributed by atoms with Gasteiger partial charge in [-0.15, -0.1) is 0 Å². The summed E-state index contributed by atoms with van der Waals surface area (Å²) in [7, 11) is 0. The van der Waals surface area contributed by atoms with Crippen LogP contribution in [0.1, 0.15) is 59.3 Å². The second-order valence-corrected chi connectivity index (χ2v) is 8.50. The zero-order chi connectivity index (χ0) is 15.3. The number of nitrogens with zero attached hydrogens (tertiary/aromatic N) is 2. The first-order valence-electron chi connectivity index (χ1n) is 8.40. The van der Waals surface area contributed by atoms with Crippen molar-refractivity contribution in [3.8, 4) is 0 Å². The largest absolute Gasteiger partial charge is 0.334 e. The normalized spacial score (nSPS) is 34.9.